The number of benzene rings is 1. The average molecular weight is 198 g/mol. The number of hydrogen-bond donors (Lipinski definition) is 0. The van der Waals surface area contributed by atoms with Gasteiger partial charge in [0.15, 0.2) is 0 Å². The number of rotatable bonds is 4. The van der Waals surface area contributed by atoms with Gasteiger partial charge in [0.1, 0.15) is 5.58 Å². The van der Waals surface area contributed by atoms with E-state index in [1.54, 1.807) is 12.3 Å². The Kier molecular flexibility index (Phi) is 3.03. The molecule has 0 N–H and O–H groups in total. The highest BCUT2D eigenvalue weighted by atomic mass is 16.3. The predicted octanol–water partition coefficient (Wildman–Crippen LogP) is 4.11. The fourth-order valence-electron chi connectivity index (χ4n) is 1.60. The summed E-state index contributed by atoms with van der Waals surface area (Å²) in [7, 11) is 0. The van der Waals surface area contributed by atoms with Crippen LogP contribution in [0, 0.1) is 0 Å². The molecular weight excluding hydrogens is 184 g/mol. The molecule has 15 heavy (non-hydrogen) atoms. The first-order valence-electron chi connectivity index (χ1n) is 5.14. The van der Waals surface area contributed by atoms with Crippen molar-refractivity contribution in [3.8, 4) is 0 Å². The minimum atomic E-state index is 0.972. The van der Waals surface area contributed by atoms with Gasteiger partial charge in [0.2, 0.25) is 0 Å². The normalized spacial score (nSPS) is 11.2. The quantitative estimate of drug-likeness (QED) is 0.674. The fraction of sp³-hybridized carbons (Fsp3) is 0.143. The number of hydrogen-bond acceptors (Lipinski definition) is 1. The topological polar surface area (TPSA) is 13.1 Å². The number of furan rings is 1. The SMILES string of the molecule is C=CC=CCCc1ccc2ccoc2c1. The Hall–Kier alpha value is -1.76. The van der Waals surface area contributed by atoms with Crippen LogP contribution in [-0.4, -0.2) is 0 Å². The second-order valence-electron chi connectivity index (χ2n) is 3.50. The first kappa shape index (κ1) is 9.78. The average Bonchev–Trinajstić information content (AvgIpc) is 2.71. The molecule has 2 rings (SSSR count). The van der Waals surface area contributed by atoms with E-state index in [1.807, 2.05) is 12.1 Å². The lowest BCUT2D eigenvalue weighted by molar-refractivity contribution is 0.615. The van der Waals surface area contributed by atoms with Crippen molar-refractivity contribution in [1.29, 1.82) is 0 Å². The number of aryl methyl sites for hydroxylation is 1. The molecule has 0 radical (unpaired) electrons. The standard InChI is InChI=1S/C14H14O/c1-2-3-4-5-6-12-7-8-13-9-10-15-14(13)11-12/h2-4,7-11H,1,5-6H2. The lowest BCUT2D eigenvalue weighted by atomic mass is 10.1. The zero-order valence-corrected chi connectivity index (χ0v) is 8.65. The second kappa shape index (κ2) is 4.65. The molecule has 0 bridgehead atoms. The van der Waals surface area contributed by atoms with E-state index in [4.69, 9.17) is 4.42 Å². The summed E-state index contributed by atoms with van der Waals surface area (Å²) in [5, 5.41) is 1.17. The molecule has 1 nitrogen and oxygen atoms in total. The van der Waals surface area contributed by atoms with Gasteiger partial charge in [0.05, 0.1) is 6.26 Å². The summed E-state index contributed by atoms with van der Waals surface area (Å²) in [4.78, 5) is 0. The Bertz CT molecular complexity index is 477. The zero-order chi connectivity index (χ0) is 10.5. The fourth-order valence-corrected chi connectivity index (χ4v) is 1.60. The van der Waals surface area contributed by atoms with Crippen LogP contribution in [0.5, 0.6) is 0 Å². The van der Waals surface area contributed by atoms with Crippen LogP contribution in [0.4, 0.5) is 0 Å². The van der Waals surface area contributed by atoms with Gasteiger partial charge in [0, 0.05) is 5.39 Å². The van der Waals surface area contributed by atoms with E-state index < -0.39 is 0 Å². The third kappa shape index (κ3) is 2.38. The van der Waals surface area contributed by atoms with Gasteiger partial charge >= 0.3 is 0 Å². The first-order chi connectivity index (χ1) is 7.40. The van der Waals surface area contributed by atoms with Crippen LogP contribution in [0.2, 0.25) is 0 Å². The van der Waals surface area contributed by atoms with Gasteiger partial charge < -0.3 is 4.42 Å². The summed E-state index contributed by atoms with van der Waals surface area (Å²) in [5.41, 5.74) is 2.28. The Morgan fingerprint density at radius 2 is 2.20 bits per heavy atom. The van der Waals surface area contributed by atoms with Crippen molar-refractivity contribution in [2.75, 3.05) is 0 Å². The van der Waals surface area contributed by atoms with Crippen molar-refractivity contribution in [2.24, 2.45) is 0 Å². The van der Waals surface area contributed by atoms with Crippen molar-refractivity contribution in [2.45, 2.75) is 12.8 Å². The number of fused-ring (bicyclic) bond motifs is 1. The van der Waals surface area contributed by atoms with E-state index in [0.717, 1.165) is 18.4 Å². The molecule has 76 valence electrons. The van der Waals surface area contributed by atoms with Gasteiger partial charge in [-0.1, -0.05) is 36.9 Å². The highest BCUT2D eigenvalue weighted by molar-refractivity contribution is 5.77. The van der Waals surface area contributed by atoms with Crippen molar-refractivity contribution < 1.29 is 4.42 Å². The second-order valence-corrected chi connectivity index (χ2v) is 3.50. The Balaban J connectivity index is 2.07. The van der Waals surface area contributed by atoms with Gasteiger partial charge in [0.25, 0.3) is 0 Å². The molecule has 1 heterocycles. The van der Waals surface area contributed by atoms with Gasteiger partial charge in [-0.15, -0.1) is 0 Å². The molecule has 0 saturated carbocycles. The Labute approximate surface area is 89.7 Å². The van der Waals surface area contributed by atoms with E-state index in [-0.39, 0.29) is 0 Å². The molecule has 0 aliphatic carbocycles. The highest BCUT2D eigenvalue weighted by Crippen LogP contribution is 2.17. The maximum atomic E-state index is 5.35. The summed E-state index contributed by atoms with van der Waals surface area (Å²) in [5.74, 6) is 0. The molecule has 0 saturated heterocycles. The van der Waals surface area contributed by atoms with Gasteiger partial charge in [-0.3, -0.25) is 0 Å². The van der Waals surface area contributed by atoms with Crippen LogP contribution in [0.25, 0.3) is 11.0 Å². The maximum absolute atomic E-state index is 5.35. The largest absolute Gasteiger partial charge is 0.464 e. The van der Waals surface area contributed by atoms with Crippen LogP contribution < -0.4 is 0 Å². The van der Waals surface area contributed by atoms with Gasteiger partial charge in [-0.05, 0) is 30.5 Å². The van der Waals surface area contributed by atoms with Crippen molar-refractivity contribution in [1.82, 2.24) is 0 Å². The number of allylic oxidation sites excluding steroid dienone is 3. The minimum Gasteiger partial charge on any atom is -0.464 e. The molecule has 1 aromatic carbocycles. The molecule has 1 aromatic heterocycles. The lowest BCUT2D eigenvalue weighted by Crippen LogP contribution is -1.81. The minimum absolute atomic E-state index is 0.972. The third-order valence-corrected chi connectivity index (χ3v) is 2.39. The molecule has 0 amide bonds. The van der Waals surface area contributed by atoms with Crippen LogP contribution in [0.3, 0.4) is 0 Å². The Morgan fingerprint density at radius 3 is 3.07 bits per heavy atom. The molecule has 0 spiro atoms. The van der Waals surface area contributed by atoms with E-state index in [1.165, 1.54) is 10.9 Å². The van der Waals surface area contributed by atoms with E-state index >= 15 is 0 Å². The first-order valence-corrected chi connectivity index (χ1v) is 5.14. The van der Waals surface area contributed by atoms with Gasteiger partial charge in [-0.2, -0.15) is 0 Å². The van der Waals surface area contributed by atoms with Crippen LogP contribution in [0.1, 0.15) is 12.0 Å². The predicted molar refractivity (Wildman–Crippen MR) is 63.9 cm³/mol. The summed E-state index contributed by atoms with van der Waals surface area (Å²) in [6.45, 7) is 3.64. The molecule has 0 fully saturated rings. The summed E-state index contributed by atoms with van der Waals surface area (Å²) >= 11 is 0. The third-order valence-electron chi connectivity index (χ3n) is 2.39. The van der Waals surface area contributed by atoms with Crippen molar-refractivity contribution in [3.05, 3.63) is 60.9 Å². The van der Waals surface area contributed by atoms with Crippen LogP contribution >= 0.6 is 0 Å². The van der Waals surface area contributed by atoms with E-state index in [2.05, 4.69) is 30.9 Å². The van der Waals surface area contributed by atoms with Crippen molar-refractivity contribution >= 4 is 11.0 Å². The monoisotopic (exact) mass is 198 g/mol. The molecule has 1 heteroatoms. The molecular formula is C14H14O. The molecule has 0 atom stereocenters. The lowest BCUT2D eigenvalue weighted by Gasteiger charge is -1.97. The summed E-state index contributed by atoms with van der Waals surface area (Å²) in [6, 6.07) is 8.35. The van der Waals surface area contributed by atoms with Crippen LogP contribution in [-0.2, 0) is 6.42 Å². The molecule has 2 aromatic rings. The van der Waals surface area contributed by atoms with Crippen LogP contribution in [0.15, 0.2) is 59.8 Å². The molecule has 0 unspecified atom stereocenters. The smallest absolute Gasteiger partial charge is 0.134 e. The van der Waals surface area contributed by atoms with E-state index in [0.29, 0.717) is 0 Å². The summed E-state index contributed by atoms with van der Waals surface area (Å²) < 4.78 is 5.35. The highest BCUT2D eigenvalue weighted by Gasteiger charge is 1.97. The summed E-state index contributed by atoms with van der Waals surface area (Å²) in [6.07, 6.45) is 9.71. The zero-order valence-electron chi connectivity index (χ0n) is 8.65. The maximum Gasteiger partial charge on any atom is 0.134 e. The van der Waals surface area contributed by atoms with Gasteiger partial charge in [-0.25, -0.2) is 0 Å². The molecule has 0 aliphatic rings. The van der Waals surface area contributed by atoms with Crippen molar-refractivity contribution in [3.63, 3.8) is 0 Å². The van der Waals surface area contributed by atoms with E-state index in [9.17, 15) is 0 Å². The molecule has 0 aliphatic heterocycles. The Morgan fingerprint density at radius 1 is 1.27 bits per heavy atom.